The van der Waals surface area contributed by atoms with Gasteiger partial charge in [0.1, 0.15) is 0 Å². The zero-order chi connectivity index (χ0) is 24.2. The number of alkyl halides is 4. The Hall–Kier alpha value is -0.980. The Balaban J connectivity index is 1.67. The highest BCUT2D eigenvalue weighted by Crippen LogP contribution is 2.59. The second kappa shape index (κ2) is 8.35. The van der Waals surface area contributed by atoms with E-state index in [9.17, 15) is 41.0 Å². The van der Waals surface area contributed by atoms with E-state index in [2.05, 4.69) is 0 Å². The fourth-order valence-electron chi connectivity index (χ4n) is 6.01. The Labute approximate surface area is 184 Å². The molecule has 3 N–H and O–H groups in total. The molecule has 0 spiro atoms. The molecule has 5 unspecified atom stereocenters. The molecular formula is C20H30F4O7S. The summed E-state index contributed by atoms with van der Waals surface area (Å²) in [6, 6.07) is 0. The topological polar surface area (TPSA) is 121 Å². The molecule has 3 fully saturated rings. The van der Waals surface area contributed by atoms with Crippen LogP contribution in [0.25, 0.3) is 0 Å². The molecule has 0 aromatic carbocycles. The van der Waals surface area contributed by atoms with Crippen molar-refractivity contribution in [1.29, 1.82) is 0 Å². The molecule has 0 heterocycles. The van der Waals surface area contributed by atoms with Crippen LogP contribution in [0.1, 0.15) is 64.7 Å². The molecule has 186 valence electrons. The first-order valence-corrected chi connectivity index (χ1v) is 12.3. The molecule has 0 saturated heterocycles. The van der Waals surface area contributed by atoms with Gasteiger partial charge in [0.25, 0.3) is 0 Å². The second-order valence-electron chi connectivity index (χ2n) is 9.81. The summed E-state index contributed by atoms with van der Waals surface area (Å²) in [7, 11) is -6.36. The number of aliphatic hydroxyl groups is 2. The summed E-state index contributed by atoms with van der Waals surface area (Å²) >= 11 is 0. The minimum Gasteiger partial charge on any atom is -0.465 e. The molecule has 0 radical (unpaired) electrons. The molecule has 3 aliphatic carbocycles. The normalized spacial score (nSPS) is 35.5. The Morgan fingerprint density at radius 3 is 2.19 bits per heavy atom. The van der Waals surface area contributed by atoms with Gasteiger partial charge in [-0.2, -0.15) is 26.0 Å². The number of hydrogen-bond acceptors (Lipinski definition) is 6. The van der Waals surface area contributed by atoms with Crippen molar-refractivity contribution in [2.45, 2.75) is 87.1 Å². The van der Waals surface area contributed by atoms with Crippen LogP contribution in [-0.4, -0.2) is 58.1 Å². The number of ether oxygens (including phenoxy) is 1. The summed E-state index contributed by atoms with van der Waals surface area (Å²) in [6.07, 6.45) is 3.09. The van der Waals surface area contributed by atoms with Crippen LogP contribution in [0, 0.1) is 23.7 Å². The Morgan fingerprint density at radius 1 is 1.09 bits per heavy atom. The number of esters is 1. The summed E-state index contributed by atoms with van der Waals surface area (Å²) in [5, 5.41) is 16.2. The molecule has 32 heavy (non-hydrogen) atoms. The van der Waals surface area contributed by atoms with Gasteiger partial charge in [0.05, 0.1) is 30.1 Å². The van der Waals surface area contributed by atoms with Crippen LogP contribution in [0.3, 0.4) is 0 Å². The van der Waals surface area contributed by atoms with Crippen LogP contribution >= 0.6 is 0 Å². The van der Waals surface area contributed by atoms with E-state index < -0.39 is 63.3 Å². The van der Waals surface area contributed by atoms with Crippen LogP contribution < -0.4 is 0 Å². The molecular weight excluding hydrogens is 460 g/mol. The molecule has 3 rings (SSSR count). The van der Waals surface area contributed by atoms with Gasteiger partial charge >= 0.3 is 27.3 Å². The molecule has 0 aliphatic heterocycles. The van der Waals surface area contributed by atoms with Crippen molar-refractivity contribution in [3.05, 3.63) is 0 Å². The lowest BCUT2D eigenvalue weighted by atomic mass is 9.52. The SMILES string of the molecule is CC1(O)CCCC1C1CC(C(=O)OCCC(F)(F)C(F)(F)S(=O)(=O)O)C1C1(O)CCCC1. The van der Waals surface area contributed by atoms with E-state index >= 15 is 0 Å². The molecule has 3 aliphatic rings. The highest BCUT2D eigenvalue weighted by atomic mass is 32.2. The third kappa shape index (κ3) is 4.39. The van der Waals surface area contributed by atoms with E-state index in [0.29, 0.717) is 19.3 Å². The highest BCUT2D eigenvalue weighted by Gasteiger charge is 2.65. The summed E-state index contributed by atoms with van der Waals surface area (Å²) in [5.74, 6) is -7.70. The maximum absolute atomic E-state index is 13.6. The van der Waals surface area contributed by atoms with Crippen LogP contribution in [0.2, 0.25) is 0 Å². The average Bonchev–Trinajstić information content (AvgIpc) is 3.18. The number of carbonyl (C=O) groups is 1. The summed E-state index contributed by atoms with van der Waals surface area (Å²) in [6.45, 7) is 0.550. The average molecular weight is 491 g/mol. The zero-order valence-electron chi connectivity index (χ0n) is 17.8. The molecule has 5 atom stereocenters. The Bertz CT molecular complexity index is 824. The predicted molar refractivity (Wildman–Crippen MR) is 103 cm³/mol. The van der Waals surface area contributed by atoms with Crippen LogP contribution in [0.4, 0.5) is 17.6 Å². The first-order chi connectivity index (χ1) is 14.5. The van der Waals surface area contributed by atoms with Crippen LogP contribution in [0.15, 0.2) is 0 Å². The number of carbonyl (C=O) groups excluding carboxylic acids is 1. The number of rotatable bonds is 8. The van der Waals surface area contributed by atoms with E-state index in [1.165, 1.54) is 0 Å². The lowest BCUT2D eigenvalue weighted by Crippen LogP contribution is -2.58. The summed E-state index contributed by atoms with van der Waals surface area (Å²) < 4.78 is 88.2. The molecule has 0 aromatic heterocycles. The van der Waals surface area contributed by atoms with Crippen molar-refractivity contribution in [2.24, 2.45) is 23.7 Å². The van der Waals surface area contributed by atoms with E-state index in [1.807, 2.05) is 0 Å². The number of hydrogen-bond donors (Lipinski definition) is 3. The highest BCUT2D eigenvalue weighted by molar-refractivity contribution is 7.87. The fraction of sp³-hybridized carbons (Fsp3) is 0.950. The standard InChI is InChI=1S/C20H30F4O7S/c1-17(26)6-4-5-14(17)12-11-13(15(12)18(27)7-2-3-8-18)16(25)31-10-9-19(21,22)20(23,24)32(28,29)30/h12-15,26-27H,2-11H2,1H3,(H,28,29,30). The van der Waals surface area contributed by atoms with Crippen LogP contribution in [-0.2, 0) is 19.6 Å². The Kier molecular flexibility index (Phi) is 6.69. The van der Waals surface area contributed by atoms with Gasteiger partial charge in [-0.3, -0.25) is 9.35 Å². The smallest absolute Gasteiger partial charge is 0.431 e. The summed E-state index contributed by atoms with van der Waals surface area (Å²) in [5.41, 5.74) is -2.08. The zero-order valence-corrected chi connectivity index (χ0v) is 18.6. The quantitative estimate of drug-likeness (QED) is 0.272. The van der Waals surface area contributed by atoms with Gasteiger partial charge in [-0.05, 0) is 50.9 Å². The molecule has 12 heteroatoms. The van der Waals surface area contributed by atoms with Gasteiger partial charge in [-0.15, -0.1) is 0 Å². The first-order valence-electron chi connectivity index (χ1n) is 10.9. The van der Waals surface area contributed by atoms with Gasteiger partial charge in [-0.1, -0.05) is 19.3 Å². The maximum atomic E-state index is 13.6. The van der Waals surface area contributed by atoms with Crippen molar-refractivity contribution in [2.75, 3.05) is 6.61 Å². The third-order valence-corrected chi connectivity index (χ3v) is 8.68. The molecule has 3 saturated carbocycles. The molecule has 7 nitrogen and oxygen atoms in total. The monoisotopic (exact) mass is 490 g/mol. The van der Waals surface area contributed by atoms with Gasteiger partial charge in [0.15, 0.2) is 0 Å². The molecule has 0 bridgehead atoms. The lowest BCUT2D eigenvalue weighted by molar-refractivity contribution is -0.194. The molecule has 0 amide bonds. The fourth-order valence-corrected chi connectivity index (χ4v) is 6.49. The largest absolute Gasteiger partial charge is 0.465 e. The van der Waals surface area contributed by atoms with Gasteiger partial charge in [0, 0.05) is 5.92 Å². The van der Waals surface area contributed by atoms with Crippen molar-refractivity contribution in [1.82, 2.24) is 0 Å². The predicted octanol–water partition coefficient (Wildman–Crippen LogP) is 3.14. The van der Waals surface area contributed by atoms with Gasteiger partial charge < -0.3 is 14.9 Å². The lowest BCUT2D eigenvalue weighted by Gasteiger charge is -2.54. The molecule has 0 aromatic rings. The van der Waals surface area contributed by atoms with Crippen molar-refractivity contribution in [3.8, 4) is 0 Å². The first kappa shape index (κ1) is 25.6. The minimum absolute atomic E-state index is 0.126. The van der Waals surface area contributed by atoms with E-state index in [1.54, 1.807) is 6.92 Å². The van der Waals surface area contributed by atoms with Gasteiger partial charge in [0.2, 0.25) is 0 Å². The van der Waals surface area contributed by atoms with Crippen molar-refractivity contribution in [3.63, 3.8) is 0 Å². The van der Waals surface area contributed by atoms with Crippen molar-refractivity contribution < 1.29 is 50.3 Å². The van der Waals surface area contributed by atoms with E-state index in [0.717, 1.165) is 25.7 Å². The number of halogens is 4. The third-order valence-electron chi connectivity index (χ3n) is 7.74. The van der Waals surface area contributed by atoms with E-state index in [4.69, 9.17) is 9.29 Å². The Morgan fingerprint density at radius 2 is 1.69 bits per heavy atom. The van der Waals surface area contributed by atoms with Crippen LogP contribution in [0.5, 0.6) is 0 Å². The summed E-state index contributed by atoms with van der Waals surface area (Å²) in [4.78, 5) is 12.6. The van der Waals surface area contributed by atoms with Crippen molar-refractivity contribution >= 4 is 16.1 Å². The van der Waals surface area contributed by atoms with Gasteiger partial charge in [-0.25, -0.2) is 0 Å². The van der Waals surface area contributed by atoms with E-state index in [-0.39, 0.29) is 18.3 Å². The maximum Gasteiger partial charge on any atom is 0.431 e. The minimum atomic E-state index is -6.36. The second-order valence-corrected chi connectivity index (χ2v) is 11.3.